The van der Waals surface area contributed by atoms with Crippen molar-refractivity contribution in [2.45, 2.75) is 19.4 Å². The van der Waals surface area contributed by atoms with E-state index in [0.29, 0.717) is 0 Å². The van der Waals surface area contributed by atoms with Gasteiger partial charge in [0.15, 0.2) is 11.5 Å². The second-order valence-corrected chi connectivity index (χ2v) is 4.82. The van der Waals surface area contributed by atoms with E-state index >= 15 is 0 Å². The van der Waals surface area contributed by atoms with Crippen molar-refractivity contribution < 1.29 is 24.2 Å². The highest BCUT2D eigenvalue weighted by Crippen LogP contribution is 2.38. The van der Waals surface area contributed by atoms with Crippen molar-refractivity contribution in [1.82, 2.24) is 4.90 Å². The average molecular weight is 293 g/mol. The number of rotatable bonds is 5. The number of Topliss-reactive ketones (excluding diaryl/α,β-unsaturated/α-hetero) is 1. The predicted molar refractivity (Wildman–Crippen MR) is 72.9 cm³/mol. The summed E-state index contributed by atoms with van der Waals surface area (Å²) in [5, 5.41) is 18.8. The van der Waals surface area contributed by atoms with E-state index in [4.69, 9.17) is 5.11 Å². The van der Waals surface area contributed by atoms with Crippen molar-refractivity contribution in [1.29, 1.82) is 0 Å². The Balaban J connectivity index is 2.52. The van der Waals surface area contributed by atoms with Gasteiger partial charge in [-0.25, -0.2) is 4.39 Å². The summed E-state index contributed by atoms with van der Waals surface area (Å²) in [4.78, 5) is 25.0. The third-order valence-electron chi connectivity index (χ3n) is 3.44. The van der Waals surface area contributed by atoms with E-state index in [-0.39, 0.29) is 30.7 Å². The largest absolute Gasteiger partial charge is 0.503 e. The minimum Gasteiger partial charge on any atom is -0.503 e. The van der Waals surface area contributed by atoms with Gasteiger partial charge in [-0.3, -0.25) is 9.59 Å². The number of benzene rings is 1. The van der Waals surface area contributed by atoms with Crippen molar-refractivity contribution in [3.63, 3.8) is 0 Å². The fourth-order valence-corrected chi connectivity index (χ4v) is 2.51. The lowest BCUT2D eigenvalue weighted by molar-refractivity contribution is -0.129. The van der Waals surface area contributed by atoms with Gasteiger partial charge in [-0.1, -0.05) is 18.2 Å². The molecular formula is C15H16FNO4. The Bertz CT molecular complexity index is 611. The van der Waals surface area contributed by atoms with Crippen LogP contribution in [0.4, 0.5) is 4.39 Å². The van der Waals surface area contributed by atoms with E-state index in [9.17, 15) is 19.1 Å². The summed E-state index contributed by atoms with van der Waals surface area (Å²) in [5.74, 6) is -2.41. The fourth-order valence-electron chi connectivity index (χ4n) is 2.51. The van der Waals surface area contributed by atoms with E-state index < -0.39 is 29.3 Å². The number of aliphatic hydroxyl groups is 2. The van der Waals surface area contributed by atoms with E-state index in [0.717, 1.165) is 0 Å². The number of aliphatic hydroxyl groups excluding tert-OH is 2. The van der Waals surface area contributed by atoms with Crippen LogP contribution >= 0.6 is 0 Å². The zero-order valence-corrected chi connectivity index (χ0v) is 11.5. The number of halogens is 1. The van der Waals surface area contributed by atoms with Gasteiger partial charge in [0, 0.05) is 18.7 Å². The number of nitrogens with zero attached hydrogens (tertiary/aromatic N) is 1. The minimum atomic E-state index is -0.956. The third kappa shape index (κ3) is 2.67. The number of carbonyl (C=O) groups excluding carboxylic acids is 2. The van der Waals surface area contributed by atoms with Gasteiger partial charge in [-0.15, -0.1) is 0 Å². The molecule has 1 aromatic rings. The molecule has 0 bridgehead atoms. The highest BCUT2D eigenvalue weighted by Gasteiger charge is 2.42. The van der Waals surface area contributed by atoms with Crippen LogP contribution in [0.25, 0.3) is 0 Å². The van der Waals surface area contributed by atoms with Gasteiger partial charge in [0.1, 0.15) is 5.82 Å². The van der Waals surface area contributed by atoms with Crippen molar-refractivity contribution in [2.75, 3.05) is 13.2 Å². The highest BCUT2D eigenvalue weighted by atomic mass is 19.1. The van der Waals surface area contributed by atoms with Crippen molar-refractivity contribution in [2.24, 2.45) is 0 Å². The van der Waals surface area contributed by atoms with Crippen LogP contribution < -0.4 is 0 Å². The summed E-state index contributed by atoms with van der Waals surface area (Å²) in [6.45, 7) is 1.20. The SMILES string of the molecule is CC(=O)C1=C(O)C(=O)N(CCCO)[C@H]1c1ccccc1F. The molecule has 1 aliphatic heterocycles. The maximum atomic E-state index is 14.0. The lowest BCUT2D eigenvalue weighted by Crippen LogP contribution is -2.32. The normalized spacial score (nSPS) is 18.5. The van der Waals surface area contributed by atoms with Crippen LogP contribution in [0.3, 0.4) is 0 Å². The van der Waals surface area contributed by atoms with Crippen molar-refractivity contribution in [3.05, 3.63) is 47.0 Å². The number of hydrogen-bond donors (Lipinski definition) is 2. The first-order valence-electron chi connectivity index (χ1n) is 6.59. The highest BCUT2D eigenvalue weighted by molar-refractivity contribution is 6.08. The summed E-state index contributed by atoms with van der Waals surface area (Å²) in [6, 6.07) is 4.85. The molecule has 0 unspecified atom stereocenters. The summed E-state index contributed by atoms with van der Waals surface area (Å²) in [7, 11) is 0. The van der Waals surface area contributed by atoms with Crippen LogP contribution in [0.5, 0.6) is 0 Å². The molecule has 1 amide bonds. The first kappa shape index (κ1) is 15.2. The summed E-state index contributed by atoms with van der Waals surface area (Å²) >= 11 is 0. The number of hydrogen-bond acceptors (Lipinski definition) is 4. The molecule has 112 valence electrons. The van der Waals surface area contributed by atoms with Crippen LogP contribution in [0.15, 0.2) is 35.6 Å². The van der Waals surface area contributed by atoms with E-state index in [2.05, 4.69) is 0 Å². The maximum Gasteiger partial charge on any atom is 0.290 e. The Morgan fingerprint density at radius 1 is 1.38 bits per heavy atom. The molecule has 0 spiro atoms. The molecule has 0 saturated carbocycles. The van der Waals surface area contributed by atoms with E-state index in [1.165, 1.54) is 30.0 Å². The molecule has 5 nitrogen and oxygen atoms in total. The molecule has 1 heterocycles. The summed E-state index contributed by atoms with van der Waals surface area (Å²) in [5.41, 5.74) is 0.0427. The minimum absolute atomic E-state index is 0.108. The number of amides is 1. The standard InChI is InChI=1S/C15H16FNO4/c1-9(19)12-13(10-5-2-3-6-11(10)16)17(7-4-8-18)15(21)14(12)20/h2-3,5-6,13,18,20H,4,7-8H2,1H3/t13-/m0/s1. The molecular weight excluding hydrogens is 277 g/mol. The predicted octanol–water partition coefficient (Wildman–Crippen LogP) is 1.49. The average Bonchev–Trinajstić information content (AvgIpc) is 2.69. The van der Waals surface area contributed by atoms with Crippen LogP contribution in [-0.2, 0) is 9.59 Å². The molecule has 0 radical (unpaired) electrons. The second-order valence-electron chi connectivity index (χ2n) is 4.82. The molecule has 6 heteroatoms. The Morgan fingerprint density at radius 3 is 2.62 bits per heavy atom. The first-order valence-corrected chi connectivity index (χ1v) is 6.59. The van der Waals surface area contributed by atoms with Gasteiger partial charge < -0.3 is 15.1 Å². The van der Waals surface area contributed by atoms with E-state index in [1.54, 1.807) is 6.07 Å². The molecule has 1 atom stereocenters. The van der Waals surface area contributed by atoms with E-state index in [1.807, 2.05) is 0 Å². The van der Waals surface area contributed by atoms with Crippen molar-refractivity contribution >= 4 is 11.7 Å². The lowest BCUT2D eigenvalue weighted by Gasteiger charge is -2.26. The molecule has 2 N–H and O–H groups in total. The van der Waals surface area contributed by atoms with Crippen LogP contribution in [0.2, 0.25) is 0 Å². The van der Waals surface area contributed by atoms with Gasteiger partial charge in [0.05, 0.1) is 11.6 Å². The van der Waals surface area contributed by atoms with Gasteiger partial charge in [-0.05, 0) is 19.4 Å². The van der Waals surface area contributed by atoms with Crippen molar-refractivity contribution in [3.8, 4) is 0 Å². The number of carbonyl (C=O) groups is 2. The molecule has 21 heavy (non-hydrogen) atoms. The van der Waals surface area contributed by atoms with Gasteiger partial charge >= 0.3 is 0 Å². The molecule has 1 aliphatic rings. The molecule has 0 aliphatic carbocycles. The fraction of sp³-hybridized carbons (Fsp3) is 0.333. The smallest absolute Gasteiger partial charge is 0.290 e. The maximum absolute atomic E-state index is 14.0. The zero-order chi connectivity index (χ0) is 15.6. The van der Waals surface area contributed by atoms with Gasteiger partial charge in [0.2, 0.25) is 0 Å². The second kappa shape index (κ2) is 6.05. The topological polar surface area (TPSA) is 77.8 Å². The molecule has 2 rings (SSSR count). The Labute approximate surface area is 121 Å². The molecule has 1 aromatic carbocycles. The lowest BCUT2D eigenvalue weighted by atomic mass is 9.96. The van der Waals surface area contributed by atoms with Crippen LogP contribution in [0.1, 0.15) is 24.9 Å². The first-order chi connectivity index (χ1) is 9.99. The van der Waals surface area contributed by atoms with Crippen LogP contribution in [0, 0.1) is 5.82 Å². The Hall–Kier alpha value is -2.21. The molecule has 0 fully saturated rings. The zero-order valence-electron chi connectivity index (χ0n) is 11.5. The monoisotopic (exact) mass is 293 g/mol. The van der Waals surface area contributed by atoms with Gasteiger partial charge in [0.25, 0.3) is 5.91 Å². The number of ketones is 1. The molecule has 0 aromatic heterocycles. The Kier molecular flexibility index (Phi) is 4.37. The third-order valence-corrected chi connectivity index (χ3v) is 3.44. The quantitative estimate of drug-likeness (QED) is 0.862. The summed E-state index contributed by atoms with van der Waals surface area (Å²) in [6.07, 6.45) is 0.273. The molecule has 0 saturated heterocycles. The Morgan fingerprint density at radius 2 is 2.05 bits per heavy atom. The van der Waals surface area contributed by atoms with Crippen LogP contribution in [-0.4, -0.2) is 40.0 Å². The summed E-state index contributed by atoms with van der Waals surface area (Å²) < 4.78 is 14.0. The van der Waals surface area contributed by atoms with Gasteiger partial charge in [-0.2, -0.15) is 0 Å².